The summed E-state index contributed by atoms with van der Waals surface area (Å²) in [7, 11) is 3.31. The summed E-state index contributed by atoms with van der Waals surface area (Å²) in [5.41, 5.74) is 0. The van der Waals surface area contributed by atoms with Crippen LogP contribution in [-0.4, -0.2) is 114 Å². The second kappa shape index (κ2) is 45.3. The molecule has 2 N–H and O–H groups in total. The average Bonchev–Trinajstić information content (AvgIpc) is 3.68. The fraction of sp³-hybridized carbons (Fsp3) is 0.792. The van der Waals surface area contributed by atoms with Gasteiger partial charge in [0, 0.05) is 46.7 Å². The summed E-state index contributed by atoms with van der Waals surface area (Å²) in [6, 6.07) is -0.923. The normalized spacial score (nSPS) is 16.2. The molecule has 0 radical (unpaired) electrons. The highest BCUT2D eigenvalue weighted by atomic mass is 16.6. The van der Waals surface area contributed by atoms with E-state index in [1.165, 1.54) is 70.6 Å². The number of amides is 2. The number of hydrogen-bond donors (Lipinski definition) is 2. The van der Waals surface area contributed by atoms with Crippen molar-refractivity contribution < 1.29 is 38.1 Å². The molecule has 1 fully saturated rings. The van der Waals surface area contributed by atoms with Gasteiger partial charge in [0.2, 0.25) is 11.8 Å². The molecule has 64 heavy (non-hydrogen) atoms. The van der Waals surface area contributed by atoms with E-state index in [9.17, 15) is 14.4 Å². The topological polar surface area (TPSA) is 125 Å². The molecule has 1 heterocycles. The summed E-state index contributed by atoms with van der Waals surface area (Å²) in [4.78, 5) is 41.5. The van der Waals surface area contributed by atoms with E-state index in [1.807, 2.05) is 0 Å². The highest BCUT2D eigenvalue weighted by Crippen LogP contribution is 2.18. The van der Waals surface area contributed by atoms with Gasteiger partial charge in [0.15, 0.2) is 0 Å². The van der Waals surface area contributed by atoms with Crippen LogP contribution >= 0.6 is 0 Å². The van der Waals surface area contributed by atoms with Crippen LogP contribution in [-0.2, 0) is 38.1 Å². The second-order valence-electron chi connectivity index (χ2n) is 17.3. The average molecular weight is 902 g/mol. The van der Waals surface area contributed by atoms with Crippen molar-refractivity contribution in [3.8, 4) is 0 Å². The van der Waals surface area contributed by atoms with Crippen molar-refractivity contribution >= 4 is 17.8 Å². The zero-order valence-corrected chi connectivity index (χ0v) is 41.3. The van der Waals surface area contributed by atoms with Gasteiger partial charge in [0.1, 0.15) is 6.04 Å². The number of nitrogens with zero attached hydrogens (tertiary/aromatic N) is 1. The molecule has 0 aliphatic carbocycles. The number of unbranched alkanes of at least 4 members (excludes halogenated alkanes) is 17. The molecular weight excluding hydrogens is 807 g/mol. The molecule has 11 nitrogen and oxygen atoms in total. The van der Waals surface area contributed by atoms with Crippen molar-refractivity contribution in [2.24, 2.45) is 0 Å². The number of ether oxygens (including phenoxy) is 5. The van der Waals surface area contributed by atoms with Gasteiger partial charge in [-0.2, -0.15) is 0 Å². The second-order valence-corrected chi connectivity index (χ2v) is 17.3. The van der Waals surface area contributed by atoms with E-state index in [1.54, 1.807) is 14.2 Å². The molecule has 0 saturated carbocycles. The summed E-state index contributed by atoms with van der Waals surface area (Å²) in [5, 5.41) is 5.77. The highest BCUT2D eigenvalue weighted by Gasteiger charge is 2.34. The van der Waals surface area contributed by atoms with Crippen LogP contribution < -0.4 is 10.6 Å². The van der Waals surface area contributed by atoms with Gasteiger partial charge in [-0.1, -0.05) is 133 Å². The molecule has 1 rings (SSSR count). The number of esters is 1. The van der Waals surface area contributed by atoms with Crippen molar-refractivity contribution in [3.63, 3.8) is 0 Å². The van der Waals surface area contributed by atoms with Crippen LogP contribution in [0.1, 0.15) is 181 Å². The van der Waals surface area contributed by atoms with Crippen LogP contribution in [0.3, 0.4) is 0 Å². The fourth-order valence-electron chi connectivity index (χ4n) is 7.57. The molecular formula is C53H95N3O8. The van der Waals surface area contributed by atoms with Gasteiger partial charge in [0.25, 0.3) is 0 Å². The quantitative estimate of drug-likeness (QED) is 0.0349. The molecule has 0 spiro atoms. The molecule has 1 unspecified atom stereocenters. The Morgan fingerprint density at radius 2 is 0.984 bits per heavy atom. The Morgan fingerprint density at radius 1 is 0.531 bits per heavy atom. The van der Waals surface area contributed by atoms with Crippen LogP contribution in [0.25, 0.3) is 0 Å². The van der Waals surface area contributed by atoms with Gasteiger partial charge in [-0.15, -0.1) is 0 Å². The standard InChI is InChI=1S/C53H95N3O8/c1-5-7-9-11-13-15-17-19-21-23-25-27-29-31-33-35-40-64-53(59)48(55-52(58)37-34-32-30-28-26-24-22-20-18-16-14-12-10-8-6-2)45-54-51(57)38-36-39-56-46-49(62-43-41-60-3)50(47-56)63-44-42-61-4/h13-16,19-22,48-50H,5-12,17-18,23-47H2,1-4H3,(H,54,57)(H,55,58)/b15-13-,16-14-,21-19-,22-20-/t48?,49-,50+. The molecule has 1 saturated heterocycles. The van der Waals surface area contributed by atoms with E-state index in [0.717, 1.165) is 77.0 Å². The van der Waals surface area contributed by atoms with Gasteiger partial charge in [-0.25, -0.2) is 4.79 Å². The maximum absolute atomic E-state index is 13.2. The molecule has 0 aromatic carbocycles. The molecule has 1 aliphatic heterocycles. The van der Waals surface area contributed by atoms with Gasteiger partial charge >= 0.3 is 5.97 Å². The van der Waals surface area contributed by atoms with E-state index in [4.69, 9.17) is 23.7 Å². The summed E-state index contributed by atoms with van der Waals surface area (Å²) in [5.74, 6) is -0.840. The number of carbonyl (C=O) groups excluding carboxylic acids is 3. The van der Waals surface area contributed by atoms with Crippen molar-refractivity contribution in [3.05, 3.63) is 48.6 Å². The first-order valence-electron chi connectivity index (χ1n) is 25.7. The van der Waals surface area contributed by atoms with E-state index in [2.05, 4.69) is 78.0 Å². The molecule has 370 valence electrons. The Hall–Kier alpha value is -2.83. The number of nitrogens with one attached hydrogen (secondary N) is 2. The molecule has 2 amide bonds. The van der Waals surface area contributed by atoms with Crippen LogP contribution in [0.2, 0.25) is 0 Å². The zero-order valence-electron chi connectivity index (χ0n) is 41.3. The fourth-order valence-corrected chi connectivity index (χ4v) is 7.57. The lowest BCUT2D eigenvalue weighted by Gasteiger charge is -2.19. The van der Waals surface area contributed by atoms with Crippen molar-refractivity contribution in [2.45, 2.75) is 199 Å². The third-order valence-corrected chi connectivity index (χ3v) is 11.5. The first-order chi connectivity index (χ1) is 31.4. The minimum Gasteiger partial charge on any atom is -0.464 e. The van der Waals surface area contributed by atoms with E-state index >= 15 is 0 Å². The highest BCUT2D eigenvalue weighted by molar-refractivity contribution is 5.85. The lowest BCUT2D eigenvalue weighted by Crippen LogP contribution is -2.49. The number of allylic oxidation sites excluding steroid dienone is 8. The lowest BCUT2D eigenvalue weighted by atomic mass is 10.1. The minimum atomic E-state index is -0.923. The first-order valence-corrected chi connectivity index (χ1v) is 25.7. The van der Waals surface area contributed by atoms with Gasteiger partial charge in [-0.3, -0.25) is 14.5 Å². The Kier molecular flexibility index (Phi) is 41.9. The van der Waals surface area contributed by atoms with Crippen molar-refractivity contribution in [1.29, 1.82) is 0 Å². The third kappa shape index (κ3) is 36.4. The SMILES string of the molecule is CCCCC/C=C\C/C=C\CCCCCCCCOC(=O)C(CNC(=O)CCCN1C[C@H](OCCOC)[C@H](OCCOC)C1)NC(=O)CCCCCCC/C=C\C/C=C\CCCCC. The van der Waals surface area contributed by atoms with Gasteiger partial charge in [-0.05, 0) is 90.0 Å². The minimum absolute atomic E-state index is 0.00378. The largest absolute Gasteiger partial charge is 0.464 e. The summed E-state index contributed by atoms with van der Waals surface area (Å²) >= 11 is 0. The van der Waals surface area contributed by atoms with Gasteiger partial charge in [0.05, 0.1) is 45.2 Å². The van der Waals surface area contributed by atoms with E-state index < -0.39 is 12.0 Å². The predicted octanol–water partition coefficient (Wildman–Crippen LogP) is 10.9. The Labute approximate surface area is 391 Å². The lowest BCUT2D eigenvalue weighted by molar-refractivity contribution is -0.148. The van der Waals surface area contributed by atoms with Crippen LogP contribution in [0.5, 0.6) is 0 Å². The summed E-state index contributed by atoms with van der Waals surface area (Å²) in [6.07, 6.45) is 45.2. The third-order valence-electron chi connectivity index (χ3n) is 11.5. The number of rotatable bonds is 45. The van der Waals surface area contributed by atoms with Crippen LogP contribution in [0.4, 0.5) is 0 Å². The predicted molar refractivity (Wildman–Crippen MR) is 264 cm³/mol. The maximum Gasteiger partial charge on any atom is 0.330 e. The molecule has 0 aromatic heterocycles. The zero-order chi connectivity index (χ0) is 46.4. The van der Waals surface area contributed by atoms with E-state index in [-0.39, 0.29) is 30.6 Å². The van der Waals surface area contributed by atoms with Crippen molar-refractivity contribution in [2.75, 3.05) is 73.4 Å². The Bertz CT molecular complexity index is 1210. The molecule has 0 bridgehead atoms. The van der Waals surface area contributed by atoms with E-state index in [0.29, 0.717) is 71.9 Å². The molecule has 0 aromatic rings. The Balaban J connectivity index is 2.47. The summed E-state index contributed by atoms with van der Waals surface area (Å²) in [6.45, 7) is 8.95. The number of hydrogen-bond acceptors (Lipinski definition) is 9. The molecule has 3 atom stereocenters. The number of methoxy groups -OCH3 is 2. The molecule has 1 aliphatic rings. The smallest absolute Gasteiger partial charge is 0.330 e. The van der Waals surface area contributed by atoms with Crippen molar-refractivity contribution in [1.82, 2.24) is 15.5 Å². The molecule has 11 heteroatoms. The number of carbonyl (C=O) groups is 3. The first kappa shape index (κ1) is 59.2. The number of likely N-dealkylation sites (tertiary alicyclic amines) is 1. The van der Waals surface area contributed by atoms with Gasteiger partial charge < -0.3 is 34.3 Å². The Morgan fingerprint density at radius 3 is 1.48 bits per heavy atom. The van der Waals surface area contributed by atoms with Crippen LogP contribution in [0, 0.1) is 0 Å². The maximum atomic E-state index is 13.2. The monoisotopic (exact) mass is 902 g/mol. The summed E-state index contributed by atoms with van der Waals surface area (Å²) < 4.78 is 28.0. The van der Waals surface area contributed by atoms with Crippen LogP contribution in [0.15, 0.2) is 48.6 Å².